The molecule has 2 rings (SSSR count). The first-order valence-electron chi connectivity index (χ1n) is 6.95. The van der Waals surface area contributed by atoms with Gasteiger partial charge in [-0.3, -0.25) is 0 Å². The normalized spacial score (nSPS) is 20.3. The third-order valence-corrected chi connectivity index (χ3v) is 3.55. The third kappa shape index (κ3) is 3.61. The summed E-state index contributed by atoms with van der Waals surface area (Å²) < 4.78 is 11.6. The van der Waals surface area contributed by atoms with E-state index in [2.05, 4.69) is 11.9 Å². The molecule has 0 aromatic heterocycles. The van der Waals surface area contributed by atoms with Crippen LogP contribution in [0.25, 0.3) is 0 Å². The molecule has 0 radical (unpaired) electrons. The Bertz CT molecular complexity index is 409. The third-order valence-electron chi connectivity index (χ3n) is 3.55. The summed E-state index contributed by atoms with van der Waals surface area (Å²) in [5, 5.41) is 0. The van der Waals surface area contributed by atoms with Crippen molar-refractivity contribution in [2.75, 3.05) is 33.8 Å². The van der Waals surface area contributed by atoms with Gasteiger partial charge in [0.2, 0.25) is 0 Å². The first-order valence-corrected chi connectivity index (χ1v) is 6.95. The summed E-state index contributed by atoms with van der Waals surface area (Å²) in [4.78, 5) is 2.31. The topological polar surface area (TPSA) is 47.7 Å². The second-order valence-corrected chi connectivity index (χ2v) is 5.13. The molecule has 1 saturated heterocycles. The highest BCUT2D eigenvalue weighted by Gasteiger charge is 2.20. The van der Waals surface area contributed by atoms with E-state index in [9.17, 15) is 0 Å². The first kappa shape index (κ1) is 14.2. The van der Waals surface area contributed by atoms with Crippen LogP contribution in [0.3, 0.4) is 0 Å². The van der Waals surface area contributed by atoms with Crippen molar-refractivity contribution in [2.45, 2.75) is 25.4 Å². The summed E-state index contributed by atoms with van der Waals surface area (Å²) in [6.45, 7) is 2.75. The van der Waals surface area contributed by atoms with Gasteiger partial charge >= 0.3 is 0 Å². The Hall–Kier alpha value is -1.26. The quantitative estimate of drug-likeness (QED) is 0.879. The van der Waals surface area contributed by atoms with Crippen molar-refractivity contribution < 1.29 is 9.47 Å². The molecule has 1 heterocycles. The van der Waals surface area contributed by atoms with Crippen molar-refractivity contribution >= 4 is 0 Å². The minimum atomic E-state index is 0.251. The Morgan fingerprint density at radius 1 is 1.42 bits per heavy atom. The smallest absolute Gasteiger partial charge is 0.163 e. The summed E-state index contributed by atoms with van der Waals surface area (Å²) in [6, 6.07) is 6.04. The molecule has 0 saturated carbocycles. The van der Waals surface area contributed by atoms with E-state index in [0.29, 0.717) is 6.54 Å². The maximum Gasteiger partial charge on any atom is 0.163 e. The van der Waals surface area contributed by atoms with Gasteiger partial charge in [0.05, 0.1) is 7.11 Å². The van der Waals surface area contributed by atoms with E-state index in [0.717, 1.165) is 43.0 Å². The maximum atomic E-state index is 6.13. The molecule has 19 heavy (non-hydrogen) atoms. The fourth-order valence-corrected chi connectivity index (χ4v) is 2.63. The molecule has 1 atom stereocenters. The van der Waals surface area contributed by atoms with E-state index in [1.165, 1.54) is 6.42 Å². The number of hydrogen-bond acceptors (Lipinski definition) is 4. The molecule has 2 N–H and O–H groups in total. The maximum absolute atomic E-state index is 6.13. The fraction of sp³-hybridized carbons (Fsp3) is 0.600. The SMILES string of the molecule is COc1c(CCN)cccc1OC1CCCN(C)C1. The highest BCUT2D eigenvalue weighted by Crippen LogP contribution is 2.32. The lowest BCUT2D eigenvalue weighted by molar-refractivity contribution is 0.101. The molecule has 1 aromatic carbocycles. The molecule has 1 aromatic rings. The van der Waals surface area contributed by atoms with Gasteiger partial charge in [-0.25, -0.2) is 0 Å². The van der Waals surface area contributed by atoms with Gasteiger partial charge in [-0.05, 0) is 51.0 Å². The number of rotatable bonds is 5. The van der Waals surface area contributed by atoms with E-state index >= 15 is 0 Å². The Morgan fingerprint density at radius 2 is 2.26 bits per heavy atom. The van der Waals surface area contributed by atoms with Crippen LogP contribution in [0.2, 0.25) is 0 Å². The predicted molar refractivity (Wildman–Crippen MR) is 76.9 cm³/mol. The van der Waals surface area contributed by atoms with Crippen molar-refractivity contribution in [2.24, 2.45) is 5.73 Å². The predicted octanol–water partition coefficient (Wildman–Crippen LogP) is 1.67. The van der Waals surface area contributed by atoms with Crippen LogP contribution in [0.1, 0.15) is 18.4 Å². The molecule has 106 valence electrons. The van der Waals surface area contributed by atoms with Crippen molar-refractivity contribution in [3.8, 4) is 11.5 Å². The van der Waals surface area contributed by atoms with Gasteiger partial charge in [0.25, 0.3) is 0 Å². The van der Waals surface area contributed by atoms with Gasteiger partial charge in [0.1, 0.15) is 6.10 Å². The van der Waals surface area contributed by atoms with Crippen LogP contribution in [-0.4, -0.2) is 44.8 Å². The number of piperidine rings is 1. The van der Waals surface area contributed by atoms with Crippen molar-refractivity contribution in [3.05, 3.63) is 23.8 Å². The average molecular weight is 264 g/mol. The Morgan fingerprint density at radius 3 is 2.95 bits per heavy atom. The van der Waals surface area contributed by atoms with Gasteiger partial charge in [-0.15, -0.1) is 0 Å². The number of methoxy groups -OCH3 is 1. The summed E-state index contributed by atoms with van der Waals surface area (Å²) >= 11 is 0. The number of ether oxygens (including phenoxy) is 2. The number of likely N-dealkylation sites (tertiary alicyclic amines) is 1. The highest BCUT2D eigenvalue weighted by atomic mass is 16.5. The molecule has 0 spiro atoms. The summed E-state index contributed by atoms with van der Waals surface area (Å²) in [5.41, 5.74) is 6.75. The van der Waals surface area contributed by atoms with E-state index in [1.54, 1.807) is 7.11 Å². The van der Waals surface area contributed by atoms with Crippen molar-refractivity contribution in [1.82, 2.24) is 4.90 Å². The van der Waals surface area contributed by atoms with Gasteiger partial charge < -0.3 is 20.1 Å². The number of nitrogens with two attached hydrogens (primary N) is 1. The van der Waals surface area contributed by atoms with Crippen molar-refractivity contribution in [3.63, 3.8) is 0 Å². The number of benzene rings is 1. The minimum Gasteiger partial charge on any atom is -0.493 e. The zero-order chi connectivity index (χ0) is 13.7. The molecule has 1 aliphatic rings. The lowest BCUT2D eigenvalue weighted by Gasteiger charge is -2.30. The molecule has 4 heteroatoms. The summed E-state index contributed by atoms with van der Waals surface area (Å²) in [7, 11) is 3.83. The fourth-order valence-electron chi connectivity index (χ4n) is 2.63. The Balaban J connectivity index is 2.12. The molecule has 4 nitrogen and oxygen atoms in total. The van der Waals surface area contributed by atoms with Gasteiger partial charge in [-0.2, -0.15) is 0 Å². The van der Waals surface area contributed by atoms with Crippen LogP contribution in [0.5, 0.6) is 11.5 Å². The molecule has 0 bridgehead atoms. The molecule has 0 aliphatic carbocycles. The van der Waals surface area contributed by atoms with Crippen molar-refractivity contribution in [1.29, 1.82) is 0 Å². The highest BCUT2D eigenvalue weighted by molar-refractivity contribution is 5.46. The molecule has 1 aliphatic heterocycles. The number of para-hydroxylation sites is 1. The average Bonchev–Trinajstić information content (AvgIpc) is 2.39. The summed E-state index contributed by atoms with van der Waals surface area (Å²) in [6.07, 6.45) is 3.35. The zero-order valence-electron chi connectivity index (χ0n) is 11.9. The van der Waals surface area contributed by atoms with Crippen LogP contribution in [0.15, 0.2) is 18.2 Å². The van der Waals surface area contributed by atoms with Crippen LogP contribution in [0.4, 0.5) is 0 Å². The Kier molecular flexibility index (Phi) is 5.05. The largest absolute Gasteiger partial charge is 0.493 e. The van der Waals surface area contributed by atoms with Crippen LogP contribution < -0.4 is 15.2 Å². The van der Waals surface area contributed by atoms with Gasteiger partial charge in [-0.1, -0.05) is 12.1 Å². The second kappa shape index (κ2) is 6.78. The summed E-state index contributed by atoms with van der Waals surface area (Å²) in [5.74, 6) is 1.68. The molecular formula is C15H24N2O2. The van der Waals surface area contributed by atoms with E-state index in [1.807, 2.05) is 18.2 Å². The first-order chi connectivity index (χ1) is 9.24. The number of hydrogen-bond donors (Lipinski definition) is 1. The van der Waals surface area contributed by atoms with Crippen LogP contribution in [-0.2, 0) is 6.42 Å². The van der Waals surface area contributed by atoms with Crippen LogP contribution in [0, 0.1) is 0 Å². The van der Waals surface area contributed by atoms with E-state index in [-0.39, 0.29) is 6.10 Å². The van der Waals surface area contributed by atoms with Crippen LogP contribution >= 0.6 is 0 Å². The Labute approximate surface area is 115 Å². The number of nitrogens with zero attached hydrogens (tertiary/aromatic N) is 1. The van der Waals surface area contributed by atoms with Gasteiger partial charge in [0.15, 0.2) is 11.5 Å². The van der Waals surface area contributed by atoms with E-state index < -0.39 is 0 Å². The zero-order valence-corrected chi connectivity index (χ0v) is 11.9. The lowest BCUT2D eigenvalue weighted by atomic mass is 10.1. The molecule has 0 amide bonds. The standard InChI is InChI=1S/C15H24N2O2/c1-17-10-4-6-13(11-17)19-14-7-3-5-12(8-9-16)15(14)18-2/h3,5,7,13H,4,6,8-11,16H2,1-2H3. The molecular weight excluding hydrogens is 240 g/mol. The lowest BCUT2D eigenvalue weighted by Crippen LogP contribution is -2.38. The van der Waals surface area contributed by atoms with E-state index in [4.69, 9.17) is 15.2 Å². The number of likely N-dealkylation sites (N-methyl/N-ethyl adjacent to an activating group) is 1. The second-order valence-electron chi connectivity index (χ2n) is 5.13. The van der Waals surface area contributed by atoms with Gasteiger partial charge in [0, 0.05) is 6.54 Å². The molecule has 1 fully saturated rings. The minimum absolute atomic E-state index is 0.251. The monoisotopic (exact) mass is 264 g/mol. The molecule has 1 unspecified atom stereocenters.